The van der Waals surface area contributed by atoms with Gasteiger partial charge in [0.15, 0.2) is 5.78 Å². The molecule has 0 aromatic carbocycles. The summed E-state index contributed by atoms with van der Waals surface area (Å²) >= 11 is 0. The molecule has 4 aliphatic rings. The van der Waals surface area contributed by atoms with Crippen molar-refractivity contribution in [3.63, 3.8) is 0 Å². The second kappa shape index (κ2) is 10.6. The van der Waals surface area contributed by atoms with Gasteiger partial charge in [-0.3, -0.25) is 9.59 Å². The van der Waals surface area contributed by atoms with Gasteiger partial charge in [-0.2, -0.15) is 11.4 Å². The molecule has 7 nitrogen and oxygen atoms in total. The number of allylic oxidation sites excluding steroid dienone is 5. The number of carbonyl (C=O) groups excluding carboxylic acids is 1. The van der Waals surface area contributed by atoms with Gasteiger partial charge in [-0.05, 0) is 62.2 Å². The van der Waals surface area contributed by atoms with E-state index in [1.807, 2.05) is 38.1 Å². The van der Waals surface area contributed by atoms with Gasteiger partial charge in [0, 0.05) is 24.0 Å². The first-order valence-electron chi connectivity index (χ1n) is 13.9. The molecule has 2 unspecified atom stereocenters. The van der Waals surface area contributed by atoms with E-state index in [0.29, 0.717) is 17.7 Å². The zero-order chi connectivity index (χ0) is 28.5. The fraction of sp³-hybridized carbons (Fsp3) is 0.333. The van der Waals surface area contributed by atoms with Crippen LogP contribution >= 0.6 is 0 Å². The summed E-state index contributed by atoms with van der Waals surface area (Å²) < 4.78 is 0. The maximum atomic E-state index is 13.3. The Morgan fingerprint density at radius 1 is 1.07 bits per heavy atom. The van der Waals surface area contributed by atoms with Crippen LogP contribution in [-0.2, 0) is 39.5 Å². The molecule has 0 spiro atoms. The first-order chi connectivity index (χ1) is 19.1. The van der Waals surface area contributed by atoms with Crippen LogP contribution in [0.4, 0.5) is 0 Å². The van der Waals surface area contributed by atoms with Crippen molar-refractivity contribution in [2.75, 3.05) is 0 Å². The van der Waals surface area contributed by atoms with Gasteiger partial charge in [0.2, 0.25) is 0 Å². The molecule has 0 saturated heterocycles. The summed E-state index contributed by atoms with van der Waals surface area (Å²) in [5.74, 6) is -0.986. The quantitative estimate of drug-likeness (QED) is 0.417. The molecule has 2 aromatic rings. The molecule has 2 aromatic heterocycles. The van der Waals surface area contributed by atoms with E-state index >= 15 is 0 Å². The molecule has 8 heteroatoms. The molecule has 5 heterocycles. The molecule has 1 radical (unpaired) electrons. The van der Waals surface area contributed by atoms with Gasteiger partial charge in [-0.25, -0.2) is 9.97 Å². The number of aromatic nitrogens is 4. The van der Waals surface area contributed by atoms with Crippen molar-refractivity contribution in [1.82, 2.24) is 19.9 Å². The Kier molecular flexibility index (Phi) is 7.43. The number of carbonyl (C=O) groups is 2. The number of nitrogens with zero attached hydrogens (tertiary/aromatic N) is 4. The van der Waals surface area contributed by atoms with E-state index in [1.54, 1.807) is 0 Å². The van der Waals surface area contributed by atoms with Gasteiger partial charge in [-0.1, -0.05) is 55.8 Å². The molecular weight excluding hydrogens is 564 g/mol. The van der Waals surface area contributed by atoms with E-state index in [2.05, 4.69) is 27.4 Å². The minimum atomic E-state index is -0.845. The standard InChI is InChI=1S/C33H34N4O3.Cu/c1-7-19-15(3)23-12-25-17(5)21(9-10-30(39)40)32(36-25)22-11-29(38)31-18(6)26(37-33(22)31)14-28-20(8-2)16(4)24(35-28)13-27(19)34-23;/h7,12-14,17,21H,1,8-11H2,2-6H3,(H3,34,35,36,37,38,39,40);/q;+2/p-2. The first-order valence-corrected chi connectivity index (χ1v) is 13.9. The summed E-state index contributed by atoms with van der Waals surface area (Å²) in [4.78, 5) is 45.0. The average molecular weight is 596 g/mol. The summed E-state index contributed by atoms with van der Waals surface area (Å²) in [5, 5.41) is 9.48. The number of Topliss-reactive ketones (excluding diaryl/α,β-unsaturated/α-hetero) is 1. The van der Waals surface area contributed by atoms with Crippen LogP contribution in [0.5, 0.6) is 0 Å². The number of ketones is 1. The van der Waals surface area contributed by atoms with Crippen molar-refractivity contribution >= 4 is 45.1 Å². The van der Waals surface area contributed by atoms with Crippen molar-refractivity contribution < 1.29 is 31.8 Å². The van der Waals surface area contributed by atoms with Crippen molar-refractivity contribution in [3.8, 4) is 0 Å². The molecule has 8 bridgehead atoms. The number of aryl methyl sites for hydroxylation is 2. The Bertz CT molecular complexity index is 1790. The predicted molar refractivity (Wildman–Crippen MR) is 156 cm³/mol. The summed E-state index contributed by atoms with van der Waals surface area (Å²) in [6.45, 7) is 14.3. The SMILES string of the molecule is C=CC1=C(C)c2cc3[n-]c(c4c5nc(cc6[n-]c(cc1n2)c(C)c6CC)C(C)=C5C(=O)C4)C(CCC(=O)O)C3C.[Cu+2]. The van der Waals surface area contributed by atoms with Crippen LogP contribution in [0.3, 0.4) is 0 Å². The zero-order valence-corrected chi connectivity index (χ0v) is 24.8. The second-order valence-corrected chi connectivity index (χ2v) is 11.1. The summed E-state index contributed by atoms with van der Waals surface area (Å²) in [5.41, 5.74) is 12.9. The summed E-state index contributed by atoms with van der Waals surface area (Å²) in [6.07, 6.45) is 3.33. The van der Waals surface area contributed by atoms with Crippen molar-refractivity contribution in [1.29, 1.82) is 0 Å². The third-order valence-electron chi connectivity index (χ3n) is 8.86. The Labute approximate surface area is 250 Å². The number of hydrogen-bond acceptors (Lipinski definition) is 4. The van der Waals surface area contributed by atoms with E-state index in [1.165, 1.54) is 0 Å². The van der Waals surface area contributed by atoms with E-state index in [4.69, 9.17) is 19.9 Å². The van der Waals surface area contributed by atoms with E-state index in [-0.39, 0.29) is 47.5 Å². The van der Waals surface area contributed by atoms with Crippen molar-refractivity contribution in [2.24, 2.45) is 0 Å². The van der Waals surface area contributed by atoms with Crippen LogP contribution in [0.15, 0.2) is 30.9 Å². The van der Waals surface area contributed by atoms with Crippen molar-refractivity contribution in [3.05, 3.63) is 81.7 Å². The van der Waals surface area contributed by atoms with Crippen LogP contribution < -0.4 is 9.97 Å². The smallest absolute Gasteiger partial charge is 0.664 e. The minimum Gasteiger partial charge on any atom is -0.664 e. The van der Waals surface area contributed by atoms with Gasteiger partial charge in [-0.15, -0.1) is 11.0 Å². The van der Waals surface area contributed by atoms with Gasteiger partial charge in [0.25, 0.3) is 0 Å². The van der Waals surface area contributed by atoms with Crippen LogP contribution in [0.2, 0.25) is 0 Å². The van der Waals surface area contributed by atoms with Gasteiger partial charge in [0.1, 0.15) is 0 Å². The van der Waals surface area contributed by atoms with Crippen LogP contribution in [-0.4, -0.2) is 26.8 Å². The van der Waals surface area contributed by atoms with Crippen LogP contribution in [0, 0.1) is 6.92 Å². The number of aliphatic carboxylic acids is 1. The number of carboxylic acid groups (broad SMARTS) is 1. The van der Waals surface area contributed by atoms with Gasteiger partial charge in [0.05, 0.1) is 22.8 Å². The van der Waals surface area contributed by atoms with Gasteiger partial charge < -0.3 is 15.1 Å². The maximum Gasteiger partial charge on any atom is 2.00 e. The number of rotatable bonds is 5. The number of fused-ring (bicyclic) bond motifs is 8. The average Bonchev–Trinajstić information content (AvgIpc) is 3.65. The van der Waals surface area contributed by atoms with Crippen molar-refractivity contribution in [2.45, 2.75) is 72.1 Å². The largest absolute Gasteiger partial charge is 2.00 e. The molecule has 3 aliphatic heterocycles. The molecular formula is C33H32CuN4O3. The minimum absolute atomic E-state index is 0. The fourth-order valence-electron chi connectivity index (χ4n) is 6.54. The molecule has 0 amide bonds. The van der Waals surface area contributed by atoms with Crippen LogP contribution in [0.1, 0.15) is 103 Å². The van der Waals surface area contributed by atoms with E-state index in [0.717, 1.165) is 79.3 Å². The monoisotopic (exact) mass is 595 g/mol. The van der Waals surface area contributed by atoms with E-state index < -0.39 is 5.97 Å². The Morgan fingerprint density at radius 2 is 1.78 bits per heavy atom. The Hall–Kier alpha value is -3.74. The molecule has 213 valence electrons. The molecule has 1 N–H and O–H groups in total. The molecule has 2 atom stereocenters. The molecule has 1 aliphatic carbocycles. The number of carboxylic acids is 1. The first kappa shape index (κ1) is 28.8. The maximum absolute atomic E-state index is 13.3. The second-order valence-electron chi connectivity index (χ2n) is 11.1. The van der Waals surface area contributed by atoms with Gasteiger partial charge >= 0.3 is 23.0 Å². The number of hydrogen-bond donors (Lipinski definition) is 1. The van der Waals surface area contributed by atoms with E-state index in [9.17, 15) is 14.7 Å². The molecule has 6 rings (SSSR count). The Balaban J connectivity index is 0.00000337. The molecule has 0 fully saturated rings. The topological polar surface area (TPSA) is 108 Å². The summed E-state index contributed by atoms with van der Waals surface area (Å²) in [7, 11) is 0. The third kappa shape index (κ3) is 4.50. The summed E-state index contributed by atoms with van der Waals surface area (Å²) in [6, 6.07) is 6.02. The van der Waals surface area contributed by atoms with Crippen LogP contribution in [0.25, 0.3) is 33.3 Å². The zero-order valence-electron chi connectivity index (χ0n) is 23.9. The normalized spacial score (nSPS) is 18.5. The Morgan fingerprint density at radius 3 is 2.46 bits per heavy atom. The predicted octanol–water partition coefficient (Wildman–Crippen LogP) is 6.09. The molecule has 0 saturated carbocycles. The molecule has 41 heavy (non-hydrogen) atoms. The third-order valence-corrected chi connectivity index (χ3v) is 8.86. The fourth-order valence-corrected chi connectivity index (χ4v) is 6.54.